The van der Waals surface area contributed by atoms with E-state index in [4.69, 9.17) is 0 Å². The number of sulfonamides is 1. The van der Waals surface area contributed by atoms with Crippen LogP contribution in [0.2, 0.25) is 0 Å². The lowest BCUT2D eigenvalue weighted by Gasteiger charge is -2.20. The third-order valence-corrected chi connectivity index (χ3v) is 5.61. The predicted molar refractivity (Wildman–Crippen MR) is 61.9 cm³/mol. The number of carbonyl (C=O) groups is 1. The largest absolute Gasteiger partial charge is 0.468 e. The van der Waals surface area contributed by atoms with Crippen molar-refractivity contribution in [3.8, 4) is 0 Å². The molecule has 0 aromatic heterocycles. The summed E-state index contributed by atoms with van der Waals surface area (Å²) in [5.74, 6) is -0.646. The second-order valence-electron chi connectivity index (χ2n) is 4.50. The lowest BCUT2D eigenvalue weighted by Crippen LogP contribution is -2.41. The molecule has 2 fully saturated rings. The predicted octanol–water partition coefficient (Wildman–Crippen LogP) is -0.684. The smallest absolute Gasteiger partial charge is 0.325 e. The molecule has 0 amide bonds. The zero-order valence-electron chi connectivity index (χ0n) is 9.89. The highest BCUT2D eigenvalue weighted by molar-refractivity contribution is 7.90. The Labute approximate surface area is 101 Å². The average Bonchev–Trinajstić information content (AvgIpc) is 2.88. The first kappa shape index (κ1) is 12.8. The Kier molecular flexibility index (Phi) is 3.70. The van der Waals surface area contributed by atoms with E-state index in [0.29, 0.717) is 19.5 Å². The second-order valence-corrected chi connectivity index (χ2v) is 6.61. The number of methoxy groups -OCH3 is 1. The van der Waals surface area contributed by atoms with Crippen molar-refractivity contribution < 1.29 is 17.9 Å². The molecule has 0 bridgehead atoms. The van der Waals surface area contributed by atoms with Gasteiger partial charge in [0.2, 0.25) is 10.0 Å². The van der Waals surface area contributed by atoms with Crippen LogP contribution in [0.4, 0.5) is 0 Å². The van der Waals surface area contributed by atoms with Crippen molar-refractivity contribution in [2.45, 2.75) is 30.6 Å². The van der Waals surface area contributed by atoms with Crippen LogP contribution in [-0.4, -0.2) is 56.7 Å². The van der Waals surface area contributed by atoms with Gasteiger partial charge in [-0.05, 0) is 25.8 Å². The van der Waals surface area contributed by atoms with E-state index in [1.165, 1.54) is 11.4 Å². The highest BCUT2D eigenvalue weighted by atomic mass is 32.2. The summed E-state index contributed by atoms with van der Waals surface area (Å²) in [6.45, 7) is 1.83. The molecule has 0 aliphatic carbocycles. The number of carbonyl (C=O) groups excluding carboxylic acids is 1. The number of hydrogen-bond donors (Lipinski definition) is 1. The average molecular weight is 262 g/mol. The first-order valence-corrected chi connectivity index (χ1v) is 7.36. The van der Waals surface area contributed by atoms with Gasteiger partial charge in [-0.25, -0.2) is 8.42 Å². The number of hydrogen-bond acceptors (Lipinski definition) is 5. The van der Waals surface area contributed by atoms with Gasteiger partial charge >= 0.3 is 5.97 Å². The van der Waals surface area contributed by atoms with Crippen LogP contribution in [0.15, 0.2) is 0 Å². The molecule has 2 aliphatic heterocycles. The molecular weight excluding hydrogens is 244 g/mol. The molecule has 98 valence electrons. The molecule has 6 nitrogen and oxygen atoms in total. The molecule has 1 unspecified atom stereocenters. The molecular formula is C10H18N2O4S. The standard InChI is InChI=1S/C10H18N2O4S/c1-16-10(13)9-4-6-12(17(9,14)15)7-8-3-2-5-11-8/h8-9,11H,2-7H2,1H3/t8-,9?/m1/s1. The second kappa shape index (κ2) is 4.91. The van der Waals surface area contributed by atoms with Gasteiger partial charge in [0.1, 0.15) is 0 Å². The Bertz CT molecular complexity index is 389. The Balaban J connectivity index is 2.03. The van der Waals surface area contributed by atoms with Crippen LogP contribution in [0.5, 0.6) is 0 Å². The topological polar surface area (TPSA) is 75.7 Å². The van der Waals surface area contributed by atoms with E-state index in [0.717, 1.165) is 19.4 Å². The molecule has 2 atom stereocenters. The van der Waals surface area contributed by atoms with Crippen molar-refractivity contribution in [3.63, 3.8) is 0 Å². The Morgan fingerprint density at radius 1 is 1.47 bits per heavy atom. The number of ether oxygens (including phenoxy) is 1. The maximum absolute atomic E-state index is 12.1. The minimum Gasteiger partial charge on any atom is -0.468 e. The molecule has 0 spiro atoms. The van der Waals surface area contributed by atoms with Crippen LogP contribution in [0, 0.1) is 0 Å². The maximum Gasteiger partial charge on any atom is 0.325 e. The minimum atomic E-state index is -3.51. The van der Waals surface area contributed by atoms with Gasteiger partial charge in [0.05, 0.1) is 7.11 Å². The van der Waals surface area contributed by atoms with Crippen molar-refractivity contribution >= 4 is 16.0 Å². The molecule has 7 heteroatoms. The van der Waals surface area contributed by atoms with Crippen LogP contribution in [0.25, 0.3) is 0 Å². The number of nitrogens with one attached hydrogen (secondary N) is 1. The minimum absolute atomic E-state index is 0.223. The van der Waals surface area contributed by atoms with Gasteiger partial charge in [0, 0.05) is 19.1 Å². The fourth-order valence-corrected chi connectivity index (χ4v) is 4.29. The van der Waals surface area contributed by atoms with Crippen molar-refractivity contribution in [1.29, 1.82) is 0 Å². The van der Waals surface area contributed by atoms with E-state index in [-0.39, 0.29) is 6.04 Å². The molecule has 0 radical (unpaired) electrons. The SMILES string of the molecule is COC(=O)C1CCN(C[C@H]2CCCN2)S1(=O)=O. The number of nitrogens with zero attached hydrogens (tertiary/aromatic N) is 1. The summed E-state index contributed by atoms with van der Waals surface area (Å²) < 4.78 is 30.1. The molecule has 1 N–H and O–H groups in total. The monoisotopic (exact) mass is 262 g/mol. The summed E-state index contributed by atoms with van der Waals surface area (Å²) in [6, 6.07) is 0.223. The summed E-state index contributed by atoms with van der Waals surface area (Å²) in [7, 11) is -2.29. The van der Waals surface area contributed by atoms with E-state index < -0.39 is 21.2 Å². The first-order chi connectivity index (χ1) is 8.05. The molecule has 0 aromatic carbocycles. The fraction of sp³-hybridized carbons (Fsp3) is 0.900. The molecule has 2 heterocycles. The van der Waals surface area contributed by atoms with Crippen LogP contribution in [0.1, 0.15) is 19.3 Å². The maximum atomic E-state index is 12.1. The molecule has 2 saturated heterocycles. The Hall–Kier alpha value is -0.660. The van der Waals surface area contributed by atoms with Gasteiger partial charge in [0.25, 0.3) is 0 Å². The zero-order valence-corrected chi connectivity index (χ0v) is 10.7. The van der Waals surface area contributed by atoms with Gasteiger partial charge in [-0.1, -0.05) is 0 Å². The van der Waals surface area contributed by atoms with E-state index in [9.17, 15) is 13.2 Å². The number of rotatable bonds is 3. The molecule has 0 saturated carbocycles. The Morgan fingerprint density at radius 3 is 2.82 bits per heavy atom. The quantitative estimate of drug-likeness (QED) is 0.682. The van der Waals surface area contributed by atoms with Crippen molar-refractivity contribution in [1.82, 2.24) is 9.62 Å². The fourth-order valence-electron chi connectivity index (χ4n) is 2.44. The highest BCUT2D eigenvalue weighted by Gasteiger charge is 2.44. The van der Waals surface area contributed by atoms with Gasteiger partial charge in [-0.3, -0.25) is 4.79 Å². The van der Waals surface area contributed by atoms with Crippen LogP contribution < -0.4 is 5.32 Å². The summed E-state index contributed by atoms with van der Waals surface area (Å²) in [5.41, 5.74) is 0. The highest BCUT2D eigenvalue weighted by Crippen LogP contribution is 2.24. The summed E-state index contributed by atoms with van der Waals surface area (Å²) >= 11 is 0. The van der Waals surface area contributed by atoms with Gasteiger partial charge in [-0.15, -0.1) is 0 Å². The first-order valence-electron chi connectivity index (χ1n) is 5.86. The van der Waals surface area contributed by atoms with Crippen molar-refractivity contribution in [3.05, 3.63) is 0 Å². The molecule has 17 heavy (non-hydrogen) atoms. The Morgan fingerprint density at radius 2 is 2.24 bits per heavy atom. The zero-order chi connectivity index (χ0) is 12.5. The van der Waals surface area contributed by atoms with Gasteiger partial charge < -0.3 is 10.1 Å². The van der Waals surface area contributed by atoms with Gasteiger partial charge in [0.15, 0.2) is 5.25 Å². The van der Waals surface area contributed by atoms with E-state index >= 15 is 0 Å². The summed E-state index contributed by atoms with van der Waals surface area (Å²) in [5, 5.41) is 2.25. The molecule has 0 aromatic rings. The van der Waals surface area contributed by atoms with E-state index in [2.05, 4.69) is 10.1 Å². The molecule has 2 rings (SSSR count). The summed E-state index contributed by atoms with van der Waals surface area (Å²) in [4.78, 5) is 11.4. The van der Waals surface area contributed by atoms with E-state index in [1.54, 1.807) is 0 Å². The third kappa shape index (κ3) is 2.46. The van der Waals surface area contributed by atoms with Gasteiger partial charge in [-0.2, -0.15) is 4.31 Å². The van der Waals surface area contributed by atoms with Crippen molar-refractivity contribution in [2.24, 2.45) is 0 Å². The van der Waals surface area contributed by atoms with Crippen LogP contribution in [0.3, 0.4) is 0 Å². The summed E-state index contributed by atoms with van der Waals surface area (Å²) in [6.07, 6.45) is 2.41. The lowest BCUT2D eigenvalue weighted by atomic mass is 10.2. The van der Waals surface area contributed by atoms with Crippen LogP contribution >= 0.6 is 0 Å². The normalized spacial score (nSPS) is 32.8. The van der Waals surface area contributed by atoms with E-state index in [1.807, 2.05) is 0 Å². The lowest BCUT2D eigenvalue weighted by molar-refractivity contribution is -0.140. The third-order valence-electron chi connectivity index (χ3n) is 3.41. The van der Waals surface area contributed by atoms with Crippen molar-refractivity contribution in [2.75, 3.05) is 26.7 Å². The number of esters is 1. The van der Waals surface area contributed by atoms with Crippen LogP contribution in [-0.2, 0) is 19.6 Å². The molecule has 2 aliphatic rings.